The Hall–Kier alpha value is -2.69. The molecular formula is C14H13N3O2. The van der Waals surface area contributed by atoms with Crippen molar-refractivity contribution in [1.82, 2.24) is 10.4 Å². The second-order valence-corrected chi connectivity index (χ2v) is 3.78. The van der Waals surface area contributed by atoms with Gasteiger partial charge >= 0.3 is 0 Å². The third-order valence-corrected chi connectivity index (χ3v) is 2.30. The molecule has 1 amide bonds. The molecule has 2 aromatic rings. The molecule has 5 heteroatoms. The van der Waals surface area contributed by atoms with Gasteiger partial charge in [0.1, 0.15) is 5.76 Å². The lowest BCUT2D eigenvalue weighted by Crippen LogP contribution is -2.17. The van der Waals surface area contributed by atoms with Crippen LogP contribution in [0.1, 0.15) is 21.8 Å². The van der Waals surface area contributed by atoms with E-state index in [4.69, 9.17) is 4.42 Å². The van der Waals surface area contributed by atoms with E-state index in [2.05, 4.69) is 15.5 Å². The SMILES string of the molecule is Cc1ccc(C(=O)N/N=C\C=C\c2ccco2)cn1. The first kappa shape index (κ1) is 12.8. The first-order chi connectivity index (χ1) is 9.25. The summed E-state index contributed by atoms with van der Waals surface area (Å²) in [7, 11) is 0. The Bertz CT molecular complexity index is 584. The van der Waals surface area contributed by atoms with Crippen molar-refractivity contribution < 1.29 is 9.21 Å². The summed E-state index contributed by atoms with van der Waals surface area (Å²) in [6, 6.07) is 7.09. The van der Waals surface area contributed by atoms with Crippen LogP contribution in [0.5, 0.6) is 0 Å². The molecule has 19 heavy (non-hydrogen) atoms. The van der Waals surface area contributed by atoms with Crippen molar-refractivity contribution in [3.8, 4) is 0 Å². The number of allylic oxidation sites excluding steroid dienone is 1. The van der Waals surface area contributed by atoms with E-state index in [1.165, 1.54) is 12.4 Å². The van der Waals surface area contributed by atoms with Gasteiger partial charge < -0.3 is 4.42 Å². The number of amides is 1. The molecule has 96 valence electrons. The number of aryl methyl sites for hydroxylation is 1. The Balaban J connectivity index is 1.85. The van der Waals surface area contributed by atoms with E-state index in [0.29, 0.717) is 5.56 Å². The topological polar surface area (TPSA) is 67.5 Å². The summed E-state index contributed by atoms with van der Waals surface area (Å²) >= 11 is 0. The van der Waals surface area contributed by atoms with Gasteiger partial charge in [0.2, 0.25) is 0 Å². The van der Waals surface area contributed by atoms with Crippen LogP contribution in [-0.4, -0.2) is 17.1 Å². The first-order valence-electron chi connectivity index (χ1n) is 5.72. The number of rotatable bonds is 4. The lowest BCUT2D eigenvalue weighted by Gasteiger charge is -1.98. The normalized spacial score (nSPS) is 11.2. The zero-order chi connectivity index (χ0) is 13.5. The molecule has 0 fully saturated rings. The Labute approximate surface area is 110 Å². The van der Waals surface area contributed by atoms with Crippen molar-refractivity contribution in [2.24, 2.45) is 5.10 Å². The van der Waals surface area contributed by atoms with Gasteiger partial charge in [0.25, 0.3) is 5.91 Å². The first-order valence-corrected chi connectivity index (χ1v) is 5.72. The van der Waals surface area contributed by atoms with Crippen LogP contribution in [0.15, 0.2) is 52.3 Å². The van der Waals surface area contributed by atoms with Crippen LogP contribution in [0.3, 0.4) is 0 Å². The van der Waals surface area contributed by atoms with Gasteiger partial charge in [-0.3, -0.25) is 9.78 Å². The molecule has 0 aliphatic heterocycles. The van der Waals surface area contributed by atoms with Gasteiger partial charge in [-0.25, -0.2) is 5.43 Å². The van der Waals surface area contributed by atoms with Crippen LogP contribution in [0.25, 0.3) is 6.08 Å². The largest absolute Gasteiger partial charge is 0.465 e. The zero-order valence-corrected chi connectivity index (χ0v) is 10.4. The predicted molar refractivity (Wildman–Crippen MR) is 72.7 cm³/mol. The van der Waals surface area contributed by atoms with Gasteiger partial charge in [-0.2, -0.15) is 5.10 Å². The van der Waals surface area contributed by atoms with Crippen LogP contribution < -0.4 is 5.43 Å². The van der Waals surface area contributed by atoms with E-state index in [1.54, 1.807) is 36.6 Å². The Morgan fingerprint density at radius 3 is 3.00 bits per heavy atom. The molecule has 0 atom stereocenters. The number of furan rings is 1. The van der Waals surface area contributed by atoms with Crippen molar-refractivity contribution in [3.05, 3.63) is 59.8 Å². The van der Waals surface area contributed by atoms with Crippen molar-refractivity contribution in [2.45, 2.75) is 6.92 Å². The van der Waals surface area contributed by atoms with Crippen molar-refractivity contribution in [3.63, 3.8) is 0 Å². The minimum atomic E-state index is -0.296. The Kier molecular flexibility index (Phi) is 4.23. The number of hydrogen-bond acceptors (Lipinski definition) is 4. The Morgan fingerprint density at radius 1 is 1.42 bits per heavy atom. The molecule has 0 bridgehead atoms. The molecular weight excluding hydrogens is 242 g/mol. The van der Waals surface area contributed by atoms with Gasteiger partial charge in [-0.05, 0) is 43.3 Å². The summed E-state index contributed by atoms with van der Waals surface area (Å²) in [5.41, 5.74) is 3.74. The van der Waals surface area contributed by atoms with E-state index in [9.17, 15) is 4.79 Å². The smallest absolute Gasteiger partial charge is 0.272 e. The molecule has 0 saturated carbocycles. The molecule has 0 aliphatic carbocycles. The quantitative estimate of drug-likeness (QED) is 0.673. The number of pyridine rings is 1. The third-order valence-electron chi connectivity index (χ3n) is 2.30. The highest BCUT2D eigenvalue weighted by molar-refractivity contribution is 5.94. The molecule has 0 spiro atoms. The molecule has 5 nitrogen and oxygen atoms in total. The summed E-state index contributed by atoms with van der Waals surface area (Å²) in [5.74, 6) is 0.427. The standard InChI is InChI=1S/C14H13N3O2/c1-11-6-7-12(10-15-11)14(18)17-16-8-2-4-13-5-3-9-19-13/h2-10H,1H3,(H,17,18)/b4-2+,16-8-. The summed E-state index contributed by atoms with van der Waals surface area (Å²) in [6.07, 6.45) is 7.99. The number of aromatic nitrogens is 1. The average molecular weight is 255 g/mol. The van der Waals surface area contributed by atoms with Gasteiger partial charge in [0, 0.05) is 18.1 Å². The third kappa shape index (κ3) is 3.92. The lowest BCUT2D eigenvalue weighted by molar-refractivity contribution is 0.0955. The maximum Gasteiger partial charge on any atom is 0.272 e. The summed E-state index contributed by atoms with van der Waals surface area (Å²) in [4.78, 5) is 15.7. The van der Waals surface area contributed by atoms with Crippen molar-refractivity contribution in [2.75, 3.05) is 0 Å². The minimum Gasteiger partial charge on any atom is -0.465 e. The summed E-state index contributed by atoms with van der Waals surface area (Å²) in [6.45, 7) is 1.86. The van der Waals surface area contributed by atoms with Gasteiger partial charge in [-0.1, -0.05) is 0 Å². The van der Waals surface area contributed by atoms with Gasteiger partial charge in [0.15, 0.2) is 0 Å². The molecule has 0 saturated heterocycles. The fraction of sp³-hybridized carbons (Fsp3) is 0.0714. The van der Waals surface area contributed by atoms with E-state index in [1.807, 2.05) is 13.0 Å². The minimum absolute atomic E-state index is 0.296. The van der Waals surface area contributed by atoms with Crippen LogP contribution in [0.2, 0.25) is 0 Å². The number of hydrazone groups is 1. The zero-order valence-electron chi connectivity index (χ0n) is 10.4. The number of nitrogens with zero attached hydrogens (tertiary/aromatic N) is 2. The highest BCUT2D eigenvalue weighted by atomic mass is 16.3. The van der Waals surface area contributed by atoms with Crippen LogP contribution in [0, 0.1) is 6.92 Å². The van der Waals surface area contributed by atoms with Crippen molar-refractivity contribution >= 4 is 18.2 Å². The number of carbonyl (C=O) groups excluding carboxylic acids is 1. The maximum atomic E-state index is 11.6. The highest BCUT2D eigenvalue weighted by Crippen LogP contribution is 2.01. The van der Waals surface area contributed by atoms with Gasteiger partial charge in [-0.15, -0.1) is 0 Å². The number of carbonyl (C=O) groups is 1. The second-order valence-electron chi connectivity index (χ2n) is 3.78. The van der Waals surface area contributed by atoms with E-state index in [-0.39, 0.29) is 5.91 Å². The maximum absolute atomic E-state index is 11.6. The highest BCUT2D eigenvalue weighted by Gasteiger charge is 2.02. The van der Waals surface area contributed by atoms with Crippen LogP contribution >= 0.6 is 0 Å². The molecule has 0 radical (unpaired) electrons. The average Bonchev–Trinajstić information content (AvgIpc) is 2.92. The number of nitrogens with one attached hydrogen (secondary N) is 1. The molecule has 2 heterocycles. The molecule has 2 rings (SSSR count). The predicted octanol–water partition coefficient (Wildman–Crippen LogP) is 2.41. The van der Waals surface area contributed by atoms with E-state index in [0.717, 1.165) is 11.5 Å². The number of hydrogen-bond donors (Lipinski definition) is 1. The fourth-order valence-corrected chi connectivity index (χ4v) is 1.33. The molecule has 0 aliphatic rings. The monoisotopic (exact) mass is 255 g/mol. The molecule has 1 N–H and O–H groups in total. The summed E-state index contributed by atoms with van der Waals surface area (Å²) < 4.78 is 5.10. The summed E-state index contributed by atoms with van der Waals surface area (Å²) in [5, 5.41) is 3.79. The molecule has 0 aromatic carbocycles. The second kappa shape index (κ2) is 6.30. The van der Waals surface area contributed by atoms with E-state index < -0.39 is 0 Å². The van der Waals surface area contributed by atoms with E-state index >= 15 is 0 Å². The fourth-order valence-electron chi connectivity index (χ4n) is 1.33. The lowest BCUT2D eigenvalue weighted by atomic mass is 10.2. The molecule has 2 aromatic heterocycles. The van der Waals surface area contributed by atoms with Crippen LogP contribution in [-0.2, 0) is 0 Å². The van der Waals surface area contributed by atoms with Crippen molar-refractivity contribution in [1.29, 1.82) is 0 Å². The van der Waals surface area contributed by atoms with Crippen LogP contribution in [0.4, 0.5) is 0 Å². The Morgan fingerprint density at radius 2 is 2.32 bits per heavy atom. The molecule has 0 unspecified atom stereocenters. The van der Waals surface area contributed by atoms with Gasteiger partial charge in [0.05, 0.1) is 11.8 Å².